The lowest BCUT2D eigenvalue weighted by molar-refractivity contribution is -0.0599. The molecule has 2 saturated heterocycles. The van der Waals surface area contributed by atoms with Crippen molar-refractivity contribution in [2.24, 2.45) is 0 Å². The van der Waals surface area contributed by atoms with Crippen LogP contribution in [0.5, 0.6) is 5.75 Å². The first kappa shape index (κ1) is 19.4. The van der Waals surface area contributed by atoms with Crippen molar-refractivity contribution < 1.29 is 14.3 Å². The van der Waals surface area contributed by atoms with Gasteiger partial charge in [0.1, 0.15) is 12.1 Å². The second-order valence-electron chi connectivity index (χ2n) is 7.31. The molecule has 2 aliphatic rings. The van der Waals surface area contributed by atoms with E-state index < -0.39 is 5.60 Å². The predicted molar refractivity (Wildman–Crippen MR) is 105 cm³/mol. The number of aromatic nitrogens is 2. The van der Waals surface area contributed by atoms with Crippen molar-refractivity contribution in [3.63, 3.8) is 0 Å². The molecule has 0 bridgehead atoms. The molecule has 0 radical (unpaired) electrons. The fourth-order valence-electron chi connectivity index (χ4n) is 3.49. The summed E-state index contributed by atoms with van der Waals surface area (Å²) < 4.78 is 11.1. The van der Waals surface area contributed by atoms with Gasteiger partial charge in [-0.3, -0.25) is 9.80 Å². The van der Waals surface area contributed by atoms with Gasteiger partial charge in [-0.2, -0.15) is 0 Å². The molecule has 1 amide bonds. The van der Waals surface area contributed by atoms with Crippen LogP contribution < -0.4 is 9.64 Å². The summed E-state index contributed by atoms with van der Waals surface area (Å²) in [7, 11) is 3.60. The van der Waals surface area contributed by atoms with Gasteiger partial charge < -0.3 is 9.47 Å². The van der Waals surface area contributed by atoms with E-state index in [9.17, 15) is 4.79 Å². The number of rotatable bonds is 3. The lowest BCUT2D eigenvalue weighted by Gasteiger charge is -2.43. The van der Waals surface area contributed by atoms with Gasteiger partial charge in [0.2, 0.25) is 0 Å². The molecule has 2 fully saturated rings. The minimum Gasteiger partial charge on any atom is -0.494 e. The maximum absolute atomic E-state index is 12.4. The van der Waals surface area contributed by atoms with Gasteiger partial charge >= 0.3 is 6.09 Å². The number of carbonyl (C=O) groups is 1. The molecule has 4 rings (SSSR count). The van der Waals surface area contributed by atoms with Crippen LogP contribution in [0.3, 0.4) is 0 Å². The van der Waals surface area contributed by atoms with E-state index in [0.29, 0.717) is 18.0 Å². The van der Waals surface area contributed by atoms with Crippen molar-refractivity contribution >= 4 is 22.7 Å². The molecule has 0 saturated carbocycles. The first-order valence-electron chi connectivity index (χ1n) is 9.41. The van der Waals surface area contributed by atoms with E-state index in [-0.39, 0.29) is 6.09 Å². The van der Waals surface area contributed by atoms with Crippen molar-refractivity contribution in [2.45, 2.75) is 39.2 Å². The summed E-state index contributed by atoms with van der Waals surface area (Å²) >= 11 is 0. The summed E-state index contributed by atoms with van der Waals surface area (Å²) in [6.45, 7) is 8.33. The Morgan fingerprint density at radius 3 is 2.48 bits per heavy atom. The van der Waals surface area contributed by atoms with Gasteiger partial charge in [0, 0.05) is 30.2 Å². The minimum absolute atomic E-state index is 0.328. The van der Waals surface area contributed by atoms with Crippen LogP contribution in [0.15, 0.2) is 18.5 Å². The molecule has 1 spiro atoms. The number of carbonyl (C=O) groups excluding carboxylic acids is 1. The van der Waals surface area contributed by atoms with Crippen LogP contribution in [0.2, 0.25) is 0 Å². The lowest BCUT2D eigenvalue weighted by atomic mass is 9.95. The molecule has 7 heteroatoms. The zero-order chi connectivity index (χ0) is 19.6. The van der Waals surface area contributed by atoms with Crippen LogP contribution in [0.1, 0.15) is 32.4 Å². The Morgan fingerprint density at radius 1 is 1.19 bits per heavy atom. The van der Waals surface area contributed by atoms with E-state index in [1.165, 1.54) is 19.2 Å². The zero-order valence-electron chi connectivity index (χ0n) is 16.8. The van der Waals surface area contributed by atoms with E-state index in [1.54, 1.807) is 12.0 Å². The Hall–Kier alpha value is -2.41. The molecule has 0 atom stereocenters. The third-order valence-electron chi connectivity index (χ3n) is 5.01. The van der Waals surface area contributed by atoms with Crippen molar-refractivity contribution in [3.8, 4) is 5.75 Å². The van der Waals surface area contributed by atoms with Gasteiger partial charge in [-0.05, 0) is 20.0 Å². The van der Waals surface area contributed by atoms with Crippen LogP contribution in [-0.4, -0.2) is 60.4 Å². The smallest absolute Gasteiger partial charge is 0.415 e. The van der Waals surface area contributed by atoms with Crippen LogP contribution in [0, 0.1) is 6.92 Å². The standard InChI is InChI=1S/C16H18N4O3.C4H10/c1-10-11-4-13(14(22-3)5-12(11)18-9-17-10)20-8-16(23-15(20)21)6-19(2)7-16;1-3-4-2/h4-5,9H,6-8H2,1-3H3;3-4H2,1-2H3. The topological polar surface area (TPSA) is 67.8 Å². The fourth-order valence-corrected chi connectivity index (χ4v) is 3.49. The van der Waals surface area contributed by atoms with Crippen molar-refractivity contribution in [3.05, 3.63) is 24.2 Å². The summed E-state index contributed by atoms with van der Waals surface area (Å²) in [5.74, 6) is 0.609. The van der Waals surface area contributed by atoms with Gasteiger partial charge in [-0.25, -0.2) is 14.8 Å². The Labute approximate surface area is 160 Å². The first-order valence-corrected chi connectivity index (χ1v) is 9.41. The number of nitrogens with zero attached hydrogens (tertiary/aromatic N) is 4. The Kier molecular flexibility index (Phi) is 5.51. The Morgan fingerprint density at radius 2 is 1.89 bits per heavy atom. The molecule has 1 aromatic heterocycles. The second-order valence-corrected chi connectivity index (χ2v) is 7.31. The van der Waals surface area contributed by atoms with E-state index in [1.807, 2.05) is 26.1 Å². The van der Waals surface area contributed by atoms with Crippen LogP contribution in [0.25, 0.3) is 10.9 Å². The molecular weight excluding hydrogens is 344 g/mol. The highest BCUT2D eigenvalue weighted by Crippen LogP contribution is 2.39. The lowest BCUT2D eigenvalue weighted by Crippen LogP contribution is -2.62. The van der Waals surface area contributed by atoms with Crippen molar-refractivity contribution in [1.29, 1.82) is 0 Å². The maximum Gasteiger partial charge on any atom is 0.415 e. The monoisotopic (exact) mass is 372 g/mol. The average molecular weight is 372 g/mol. The van der Waals surface area contributed by atoms with Crippen LogP contribution in [-0.2, 0) is 4.74 Å². The highest BCUT2D eigenvalue weighted by atomic mass is 16.6. The Balaban J connectivity index is 0.000000481. The average Bonchev–Trinajstić information content (AvgIpc) is 2.98. The molecule has 146 valence electrons. The number of hydrogen-bond acceptors (Lipinski definition) is 6. The number of fused-ring (bicyclic) bond motifs is 1. The summed E-state index contributed by atoms with van der Waals surface area (Å²) in [5.41, 5.74) is 1.97. The van der Waals surface area contributed by atoms with Gasteiger partial charge in [-0.1, -0.05) is 26.7 Å². The number of ether oxygens (including phenoxy) is 2. The number of hydrogen-bond donors (Lipinski definition) is 0. The second kappa shape index (κ2) is 7.68. The molecule has 2 aromatic rings. The van der Waals surface area contributed by atoms with Gasteiger partial charge in [0.05, 0.1) is 24.9 Å². The highest BCUT2D eigenvalue weighted by Gasteiger charge is 2.53. The quantitative estimate of drug-likeness (QED) is 0.823. The predicted octanol–water partition coefficient (Wildman–Crippen LogP) is 3.39. The molecular formula is C20H28N4O3. The van der Waals surface area contributed by atoms with E-state index in [4.69, 9.17) is 9.47 Å². The molecule has 1 aromatic carbocycles. The SMILES string of the molecule is CCCC.COc1cc2ncnc(C)c2cc1N1CC2(CN(C)C2)OC1=O. The molecule has 0 N–H and O–H groups in total. The minimum atomic E-state index is -0.395. The van der Waals surface area contributed by atoms with Gasteiger partial charge in [0.25, 0.3) is 0 Å². The number of likely N-dealkylation sites (tertiary alicyclic amines) is 1. The van der Waals surface area contributed by atoms with Crippen LogP contribution in [0.4, 0.5) is 10.5 Å². The zero-order valence-corrected chi connectivity index (χ0v) is 16.8. The van der Waals surface area contributed by atoms with Crippen LogP contribution >= 0.6 is 0 Å². The van der Waals surface area contributed by atoms with E-state index in [0.717, 1.165) is 29.7 Å². The molecule has 3 heterocycles. The third kappa shape index (κ3) is 3.69. The number of unbranched alkanes of at least 4 members (excludes halogenated alkanes) is 1. The van der Waals surface area contributed by atoms with Crippen molar-refractivity contribution in [2.75, 3.05) is 38.7 Å². The summed E-state index contributed by atoms with van der Waals surface area (Å²) in [6.07, 6.45) is 3.84. The van der Waals surface area contributed by atoms with E-state index >= 15 is 0 Å². The Bertz CT molecular complexity index is 831. The fraction of sp³-hybridized carbons (Fsp3) is 0.550. The largest absolute Gasteiger partial charge is 0.494 e. The molecule has 2 aliphatic heterocycles. The third-order valence-corrected chi connectivity index (χ3v) is 5.01. The number of benzene rings is 1. The number of methoxy groups -OCH3 is 1. The number of amides is 1. The number of aryl methyl sites for hydroxylation is 1. The summed E-state index contributed by atoms with van der Waals surface area (Å²) in [5, 5.41) is 0.905. The number of anilines is 1. The molecule has 0 aliphatic carbocycles. The first-order chi connectivity index (χ1) is 12.9. The normalized spacial score (nSPS) is 18.1. The maximum atomic E-state index is 12.4. The molecule has 27 heavy (non-hydrogen) atoms. The molecule has 0 unspecified atom stereocenters. The van der Waals surface area contributed by atoms with Gasteiger partial charge in [-0.15, -0.1) is 0 Å². The molecule has 7 nitrogen and oxygen atoms in total. The van der Waals surface area contributed by atoms with Crippen molar-refractivity contribution in [1.82, 2.24) is 14.9 Å². The highest BCUT2D eigenvalue weighted by molar-refractivity contribution is 5.97. The van der Waals surface area contributed by atoms with E-state index in [2.05, 4.69) is 28.7 Å². The summed E-state index contributed by atoms with van der Waals surface area (Å²) in [6, 6.07) is 3.75. The van der Waals surface area contributed by atoms with Gasteiger partial charge in [0.15, 0.2) is 5.60 Å². The number of likely N-dealkylation sites (N-methyl/N-ethyl adjacent to an activating group) is 1. The summed E-state index contributed by atoms with van der Waals surface area (Å²) in [4.78, 5) is 24.7.